The number of furan rings is 1. The molecule has 1 aliphatic rings. The van der Waals surface area contributed by atoms with Crippen molar-refractivity contribution in [1.29, 1.82) is 0 Å². The molecule has 0 bridgehead atoms. The summed E-state index contributed by atoms with van der Waals surface area (Å²) < 4.78 is 59.3. The van der Waals surface area contributed by atoms with Gasteiger partial charge in [0.25, 0.3) is 5.91 Å². The molecule has 4 rings (SSSR count). The number of rotatable bonds is 6. The maximum atomic E-state index is 12.9. The Labute approximate surface area is 179 Å². The van der Waals surface area contributed by atoms with Gasteiger partial charge in [-0.05, 0) is 42.0 Å². The highest BCUT2D eigenvalue weighted by Crippen LogP contribution is 2.33. The van der Waals surface area contributed by atoms with Crippen molar-refractivity contribution in [2.75, 3.05) is 13.4 Å². The molecule has 0 radical (unpaired) electrons. The molecule has 7 nitrogen and oxygen atoms in total. The highest BCUT2D eigenvalue weighted by atomic mass is 19.4. The molecule has 0 atom stereocenters. The lowest BCUT2D eigenvalue weighted by molar-refractivity contribution is -0.137. The summed E-state index contributed by atoms with van der Waals surface area (Å²) in [5, 5.41) is 2.60. The first-order valence-corrected chi connectivity index (χ1v) is 9.39. The van der Waals surface area contributed by atoms with Gasteiger partial charge in [-0.2, -0.15) is 13.2 Å². The zero-order chi connectivity index (χ0) is 22.7. The molecule has 0 spiro atoms. The zero-order valence-corrected chi connectivity index (χ0v) is 16.4. The van der Waals surface area contributed by atoms with Crippen LogP contribution in [0.25, 0.3) is 11.3 Å². The molecule has 166 valence electrons. The summed E-state index contributed by atoms with van der Waals surface area (Å²) in [5.41, 5.74) is 0.0840. The number of carbonyl (C=O) groups excluding carboxylic acids is 2. The normalized spacial score (nSPS) is 12.5. The summed E-state index contributed by atoms with van der Waals surface area (Å²) in [6.45, 7) is -0.222. The number of carbonyl (C=O) groups is 2. The van der Waals surface area contributed by atoms with E-state index in [9.17, 15) is 22.8 Å². The van der Waals surface area contributed by atoms with Gasteiger partial charge in [0.05, 0.1) is 5.56 Å². The fraction of sp³-hybridized carbons (Fsp3) is 0.182. The summed E-state index contributed by atoms with van der Waals surface area (Å²) in [6.07, 6.45) is -4.50. The van der Waals surface area contributed by atoms with Crippen molar-refractivity contribution in [3.63, 3.8) is 0 Å². The second kappa shape index (κ2) is 8.66. The number of hydrogen-bond acceptors (Lipinski definition) is 6. The molecular weight excluding hydrogens is 431 g/mol. The van der Waals surface area contributed by atoms with E-state index in [4.69, 9.17) is 18.6 Å². The monoisotopic (exact) mass is 447 g/mol. The number of amides is 1. The van der Waals surface area contributed by atoms with Crippen LogP contribution in [0.1, 0.15) is 21.7 Å². The highest BCUT2D eigenvalue weighted by molar-refractivity contribution is 5.89. The molecule has 1 amide bonds. The maximum absolute atomic E-state index is 12.9. The minimum absolute atomic E-state index is 0.0651. The molecule has 10 heteroatoms. The molecule has 0 saturated carbocycles. The van der Waals surface area contributed by atoms with E-state index in [-0.39, 0.29) is 30.4 Å². The summed E-state index contributed by atoms with van der Waals surface area (Å²) in [7, 11) is 0. The van der Waals surface area contributed by atoms with Gasteiger partial charge in [0.15, 0.2) is 18.1 Å². The molecule has 1 aromatic heterocycles. The van der Waals surface area contributed by atoms with Crippen LogP contribution >= 0.6 is 0 Å². The van der Waals surface area contributed by atoms with E-state index in [1.54, 1.807) is 18.2 Å². The van der Waals surface area contributed by atoms with Gasteiger partial charge in [0.2, 0.25) is 12.6 Å². The summed E-state index contributed by atoms with van der Waals surface area (Å²) in [5.74, 6) is -0.423. The Balaban J connectivity index is 1.30. The van der Waals surface area contributed by atoms with Gasteiger partial charge in [-0.15, -0.1) is 0 Å². The van der Waals surface area contributed by atoms with Crippen molar-refractivity contribution in [2.24, 2.45) is 0 Å². The minimum atomic E-state index is -4.50. The number of halogens is 3. The van der Waals surface area contributed by atoms with Gasteiger partial charge >= 0.3 is 12.1 Å². The van der Waals surface area contributed by atoms with Gasteiger partial charge in [0, 0.05) is 12.1 Å². The minimum Gasteiger partial charge on any atom is -0.454 e. The topological polar surface area (TPSA) is 87.0 Å². The van der Waals surface area contributed by atoms with Crippen LogP contribution in [0.5, 0.6) is 11.5 Å². The fourth-order valence-corrected chi connectivity index (χ4v) is 2.96. The van der Waals surface area contributed by atoms with E-state index in [2.05, 4.69) is 5.32 Å². The van der Waals surface area contributed by atoms with E-state index in [0.29, 0.717) is 11.5 Å². The lowest BCUT2D eigenvalue weighted by Crippen LogP contribution is -2.28. The number of alkyl halides is 3. The quantitative estimate of drug-likeness (QED) is 0.571. The van der Waals surface area contributed by atoms with Crippen LogP contribution in [0.3, 0.4) is 0 Å². The molecule has 0 saturated heterocycles. The van der Waals surface area contributed by atoms with Crippen LogP contribution in [0, 0.1) is 0 Å². The Morgan fingerprint density at radius 1 is 1.00 bits per heavy atom. The second-order valence-corrected chi connectivity index (χ2v) is 6.78. The number of ether oxygens (including phenoxy) is 3. The fourth-order valence-electron chi connectivity index (χ4n) is 2.96. The van der Waals surface area contributed by atoms with E-state index >= 15 is 0 Å². The molecule has 1 N–H and O–H groups in total. The summed E-state index contributed by atoms with van der Waals surface area (Å²) in [4.78, 5) is 24.1. The Morgan fingerprint density at radius 2 is 1.81 bits per heavy atom. The average molecular weight is 447 g/mol. The smallest absolute Gasteiger partial charge is 0.416 e. The molecule has 3 aromatic rings. The first-order chi connectivity index (χ1) is 15.3. The van der Waals surface area contributed by atoms with Crippen LogP contribution in [0.15, 0.2) is 59.0 Å². The third kappa shape index (κ3) is 4.85. The van der Waals surface area contributed by atoms with Crippen molar-refractivity contribution in [1.82, 2.24) is 5.32 Å². The number of hydrogen-bond donors (Lipinski definition) is 1. The molecule has 2 heterocycles. The van der Waals surface area contributed by atoms with Crippen molar-refractivity contribution < 1.29 is 41.4 Å². The Hall–Kier alpha value is -3.95. The third-order valence-corrected chi connectivity index (χ3v) is 4.54. The second-order valence-electron chi connectivity index (χ2n) is 6.78. The Kier molecular flexibility index (Phi) is 5.76. The summed E-state index contributed by atoms with van der Waals surface area (Å²) >= 11 is 0. The van der Waals surface area contributed by atoms with Gasteiger partial charge in [-0.1, -0.05) is 18.2 Å². The van der Waals surface area contributed by atoms with Crippen molar-refractivity contribution >= 4 is 11.9 Å². The van der Waals surface area contributed by atoms with Crippen molar-refractivity contribution in [3.8, 4) is 22.8 Å². The highest BCUT2D eigenvalue weighted by Gasteiger charge is 2.30. The SMILES string of the molecule is O=C(COC(=O)c1ccc(-c2cccc(C(F)(F)F)c2)o1)NCc1ccc2c(c1)OCO2. The lowest BCUT2D eigenvalue weighted by Gasteiger charge is -2.07. The first kappa shape index (κ1) is 21.3. The number of esters is 1. The Morgan fingerprint density at radius 3 is 2.62 bits per heavy atom. The number of fused-ring (bicyclic) bond motifs is 1. The van der Waals surface area contributed by atoms with Gasteiger partial charge in [-0.3, -0.25) is 4.79 Å². The largest absolute Gasteiger partial charge is 0.454 e. The van der Waals surface area contributed by atoms with E-state index in [1.165, 1.54) is 24.3 Å². The van der Waals surface area contributed by atoms with Gasteiger partial charge in [-0.25, -0.2) is 4.79 Å². The van der Waals surface area contributed by atoms with Crippen molar-refractivity contribution in [3.05, 3.63) is 71.5 Å². The van der Waals surface area contributed by atoms with Gasteiger partial charge in [0.1, 0.15) is 5.76 Å². The average Bonchev–Trinajstić information content (AvgIpc) is 3.45. The lowest BCUT2D eigenvalue weighted by atomic mass is 10.1. The number of benzene rings is 2. The molecule has 1 aliphatic heterocycles. The van der Waals surface area contributed by atoms with Crippen LogP contribution in [0.4, 0.5) is 13.2 Å². The molecule has 32 heavy (non-hydrogen) atoms. The molecule has 2 aromatic carbocycles. The van der Waals surface area contributed by atoms with E-state index < -0.39 is 30.2 Å². The van der Waals surface area contributed by atoms with Crippen molar-refractivity contribution in [2.45, 2.75) is 12.7 Å². The standard InChI is InChI=1S/C22H16F3NO6/c23-22(24,25)15-3-1-2-14(9-15)16-6-7-18(32-16)21(28)29-11-20(27)26-10-13-4-5-17-19(8-13)31-12-30-17/h1-9H,10-12H2,(H,26,27). The molecule has 0 aliphatic carbocycles. The van der Waals surface area contributed by atoms with Crippen LogP contribution < -0.4 is 14.8 Å². The summed E-state index contributed by atoms with van der Waals surface area (Å²) in [6, 6.07) is 12.3. The van der Waals surface area contributed by atoms with E-state index in [1.807, 2.05) is 0 Å². The van der Waals surface area contributed by atoms with Crippen LogP contribution in [-0.4, -0.2) is 25.3 Å². The zero-order valence-electron chi connectivity index (χ0n) is 16.4. The Bertz CT molecular complexity index is 1150. The predicted molar refractivity (Wildman–Crippen MR) is 104 cm³/mol. The predicted octanol–water partition coefficient (Wildman–Crippen LogP) is 4.17. The molecule has 0 unspecified atom stereocenters. The maximum Gasteiger partial charge on any atom is 0.416 e. The molecular formula is C22H16F3NO6. The molecule has 0 fully saturated rings. The number of nitrogens with one attached hydrogen (secondary N) is 1. The van der Waals surface area contributed by atoms with E-state index in [0.717, 1.165) is 17.7 Å². The van der Waals surface area contributed by atoms with Gasteiger partial charge < -0.3 is 23.9 Å². The van der Waals surface area contributed by atoms with Crippen LogP contribution in [0.2, 0.25) is 0 Å². The first-order valence-electron chi connectivity index (χ1n) is 9.39. The third-order valence-electron chi connectivity index (χ3n) is 4.54. The van der Waals surface area contributed by atoms with Crippen LogP contribution in [-0.2, 0) is 22.3 Å².